The Hall–Kier alpha value is -3.62. The van der Waals surface area contributed by atoms with Gasteiger partial charge in [-0.1, -0.05) is 12.1 Å². The highest BCUT2D eigenvalue weighted by molar-refractivity contribution is 5.93. The van der Waals surface area contributed by atoms with Crippen LogP contribution in [0, 0.1) is 0 Å². The molecule has 0 aliphatic heterocycles. The zero-order valence-corrected chi connectivity index (χ0v) is 17.7. The smallest absolute Gasteiger partial charge is 0.410 e. The molecule has 1 N–H and O–H groups in total. The lowest BCUT2D eigenvalue weighted by molar-refractivity contribution is -0.117. The van der Waals surface area contributed by atoms with Gasteiger partial charge in [-0.25, -0.2) is 14.3 Å². The van der Waals surface area contributed by atoms with Gasteiger partial charge in [-0.15, -0.1) is 0 Å². The van der Waals surface area contributed by atoms with Gasteiger partial charge in [0, 0.05) is 12.6 Å². The highest BCUT2D eigenvalue weighted by Crippen LogP contribution is 2.22. The van der Waals surface area contributed by atoms with Gasteiger partial charge in [-0.05, 0) is 45.0 Å². The van der Waals surface area contributed by atoms with Gasteiger partial charge in [0.05, 0.1) is 19.0 Å². The summed E-state index contributed by atoms with van der Waals surface area (Å²) in [4.78, 5) is 29.8. The van der Waals surface area contributed by atoms with E-state index in [2.05, 4.69) is 15.4 Å². The number of hydrogen-bond donors (Lipinski definition) is 1. The van der Waals surface area contributed by atoms with Gasteiger partial charge in [0.2, 0.25) is 5.91 Å². The normalized spacial score (nSPS) is 11.2. The molecule has 0 radical (unpaired) electrons. The summed E-state index contributed by atoms with van der Waals surface area (Å²) in [5.41, 5.74) is 1.59. The largest absolute Gasteiger partial charge is 0.497 e. The van der Waals surface area contributed by atoms with Gasteiger partial charge in [0.25, 0.3) is 0 Å². The SMILES string of the molecule is COc1cccc(-c2ccc3nc(NC(=O)CN(C)C(=O)OC(C)(C)C)cn3n2)c1. The van der Waals surface area contributed by atoms with Crippen molar-refractivity contribution in [1.29, 1.82) is 0 Å². The molecule has 0 fully saturated rings. The van der Waals surface area contributed by atoms with Gasteiger partial charge >= 0.3 is 6.09 Å². The second kappa shape index (κ2) is 8.40. The summed E-state index contributed by atoms with van der Waals surface area (Å²) < 4.78 is 12.1. The van der Waals surface area contributed by atoms with E-state index in [1.807, 2.05) is 36.4 Å². The van der Waals surface area contributed by atoms with Crippen molar-refractivity contribution in [2.75, 3.05) is 26.0 Å². The topological polar surface area (TPSA) is 98.1 Å². The fourth-order valence-corrected chi connectivity index (χ4v) is 2.68. The van der Waals surface area contributed by atoms with Gasteiger partial charge < -0.3 is 19.7 Å². The minimum absolute atomic E-state index is 0.161. The molecule has 0 saturated carbocycles. The van der Waals surface area contributed by atoms with Crippen LogP contribution in [0.5, 0.6) is 5.75 Å². The van der Waals surface area contributed by atoms with E-state index < -0.39 is 11.7 Å². The predicted octanol–water partition coefficient (Wildman–Crippen LogP) is 3.21. The molecule has 2 aromatic heterocycles. The van der Waals surface area contributed by atoms with Crippen LogP contribution in [0.1, 0.15) is 20.8 Å². The summed E-state index contributed by atoms with van der Waals surface area (Å²) in [5, 5.41) is 7.22. The van der Waals surface area contributed by atoms with Crippen molar-refractivity contribution in [2.45, 2.75) is 26.4 Å². The number of hydrogen-bond acceptors (Lipinski definition) is 6. The van der Waals surface area contributed by atoms with Gasteiger partial charge in [0.1, 0.15) is 17.9 Å². The number of benzene rings is 1. The van der Waals surface area contributed by atoms with E-state index in [0.717, 1.165) is 17.0 Å². The van der Waals surface area contributed by atoms with Crippen LogP contribution in [0.2, 0.25) is 0 Å². The third kappa shape index (κ3) is 5.25. The minimum atomic E-state index is -0.629. The average molecular weight is 411 g/mol. The van der Waals surface area contributed by atoms with Crippen LogP contribution < -0.4 is 10.1 Å². The molecule has 0 atom stereocenters. The van der Waals surface area contributed by atoms with Crippen molar-refractivity contribution in [3.05, 3.63) is 42.6 Å². The summed E-state index contributed by atoms with van der Waals surface area (Å²) in [6.45, 7) is 5.14. The Morgan fingerprint density at radius 1 is 1.20 bits per heavy atom. The van der Waals surface area contributed by atoms with Crippen molar-refractivity contribution in [3.8, 4) is 17.0 Å². The quantitative estimate of drug-likeness (QED) is 0.692. The first-order valence-corrected chi connectivity index (χ1v) is 9.39. The van der Waals surface area contributed by atoms with Crippen molar-refractivity contribution in [1.82, 2.24) is 19.5 Å². The Labute approximate surface area is 174 Å². The number of nitrogens with one attached hydrogen (secondary N) is 1. The zero-order valence-electron chi connectivity index (χ0n) is 17.7. The average Bonchev–Trinajstić information content (AvgIpc) is 3.07. The molecule has 9 heteroatoms. The summed E-state index contributed by atoms with van der Waals surface area (Å²) >= 11 is 0. The molecule has 0 saturated heterocycles. The molecule has 0 unspecified atom stereocenters. The van der Waals surface area contributed by atoms with E-state index in [0.29, 0.717) is 11.5 Å². The molecule has 30 heavy (non-hydrogen) atoms. The molecule has 0 aliphatic carbocycles. The molecule has 3 aromatic rings. The Bertz CT molecular complexity index is 1070. The lowest BCUT2D eigenvalue weighted by Gasteiger charge is -2.24. The van der Waals surface area contributed by atoms with E-state index in [1.54, 1.807) is 38.6 Å². The summed E-state index contributed by atoms with van der Waals surface area (Å²) in [6, 6.07) is 11.2. The van der Waals surface area contributed by atoms with Crippen molar-refractivity contribution in [3.63, 3.8) is 0 Å². The lowest BCUT2D eigenvalue weighted by atomic mass is 10.1. The van der Waals surface area contributed by atoms with Crippen LogP contribution >= 0.6 is 0 Å². The minimum Gasteiger partial charge on any atom is -0.497 e. The Morgan fingerprint density at radius 2 is 1.97 bits per heavy atom. The van der Waals surface area contributed by atoms with Gasteiger partial charge in [0.15, 0.2) is 11.5 Å². The van der Waals surface area contributed by atoms with Crippen LogP contribution in [-0.4, -0.2) is 57.8 Å². The monoisotopic (exact) mass is 411 g/mol. The molecule has 0 aliphatic rings. The van der Waals surface area contributed by atoms with E-state index in [9.17, 15) is 9.59 Å². The molecule has 0 spiro atoms. The van der Waals surface area contributed by atoms with E-state index in [4.69, 9.17) is 9.47 Å². The van der Waals surface area contributed by atoms with Crippen molar-refractivity contribution >= 4 is 23.5 Å². The van der Waals surface area contributed by atoms with Gasteiger partial charge in [-0.2, -0.15) is 5.10 Å². The number of carbonyl (C=O) groups is 2. The van der Waals surface area contributed by atoms with Crippen molar-refractivity contribution < 1.29 is 19.1 Å². The second-order valence-electron chi connectivity index (χ2n) is 7.76. The maximum Gasteiger partial charge on any atom is 0.410 e. The standard InChI is InChI=1S/C21H25N5O4/c1-21(2,3)30-20(28)25(4)13-19(27)23-17-12-26-18(22-17)10-9-16(24-26)14-7-6-8-15(11-14)29-5/h6-12H,13H2,1-5H3,(H,23,27). The molecule has 158 valence electrons. The Balaban J connectivity index is 1.70. The van der Waals surface area contributed by atoms with Crippen LogP contribution in [0.4, 0.5) is 10.6 Å². The number of amides is 2. The number of anilines is 1. The fraction of sp³-hybridized carbons (Fsp3) is 0.333. The number of aromatic nitrogens is 3. The molecule has 9 nitrogen and oxygen atoms in total. The number of fused-ring (bicyclic) bond motifs is 1. The number of likely N-dealkylation sites (N-methyl/N-ethyl adjacent to an activating group) is 1. The van der Waals surface area contributed by atoms with E-state index in [-0.39, 0.29) is 12.5 Å². The molecule has 2 amide bonds. The van der Waals surface area contributed by atoms with Crippen LogP contribution in [0.25, 0.3) is 16.9 Å². The highest BCUT2D eigenvalue weighted by Gasteiger charge is 2.21. The fourth-order valence-electron chi connectivity index (χ4n) is 2.68. The number of methoxy groups -OCH3 is 1. The summed E-state index contributed by atoms with van der Waals surface area (Å²) in [6.07, 6.45) is 1.04. The Kier molecular flexibility index (Phi) is 5.91. The molecule has 3 rings (SSSR count). The molecule has 2 heterocycles. The van der Waals surface area contributed by atoms with Gasteiger partial charge in [-0.3, -0.25) is 4.79 Å². The number of carbonyl (C=O) groups excluding carboxylic acids is 2. The van der Waals surface area contributed by atoms with Crippen molar-refractivity contribution in [2.24, 2.45) is 0 Å². The predicted molar refractivity (Wildman–Crippen MR) is 112 cm³/mol. The number of imidazole rings is 1. The number of rotatable bonds is 5. The maximum absolute atomic E-state index is 12.3. The third-order valence-corrected chi connectivity index (χ3v) is 4.04. The van der Waals surface area contributed by atoms with E-state index >= 15 is 0 Å². The lowest BCUT2D eigenvalue weighted by Crippen LogP contribution is -2.38. The van der Waals surface area contributed by atoms with Crippen LogP contribution in [-0.2, 0) is 9.53 Å². The highest BCUT2D eigenvalue weighted by atomic mass is 16.6. The zero-order chi connectivity index (χ0) is 21.9. The first-order valence-electron chi connectivity index (χ1n) is 9.39. The van der Waals surface area contributed by atoms with E-state index in [1.165, 1.54) is 11.9 Å². The molecule has 1 aromatic carbocycles. The first-order chi connectivity index (χ1) is 14.1. The Morgan fingerprint density at radius 3 is 2.67 bits per heavy atom. The second-order valence-corrected chi connectivity index (χ2v) is 7.76. The summed E-state index contributed by atoms with van der Waals surface area (Å²) in [5.74, 6) is 0.690. The summed E-state index contributed by atoms with van der Waals surface area (Å²) in [7, 11) is 3.11. The maximum atomic E-state index is 12.3. The van der Waals surface area contributed by atoms with Crippen LogP contribution in [0.15, 0.2) is 42.6 Å². The molecular weight excluding hydrogens is 386 g/mol. The first kappa shape index (κ1) is 21.1. The third-order valence-electron chi connectivity index (χ3n) is 4.04. The molecule has 0 bridgehead atoms. The van der Waals surface area contributed by atoms with Crippen LogP contribution in [0.3, 0.4) is 0 Å². The molecular formula is C21H25N5O4. The number of ether oxygens (including phenoxy) is 2. The number of nitrogens with zero attached hydrogens (tertiary/aromatic N) is 4.